The second-order valence-corrected chi connectivity index (χ2v) is 7.56. The lowest BCUT2D eigenvalue weighted by atomic mass is 9.73. The molecule has 1 N–H and O–H groups in total. The van der Waals surface area contributed by atoms with Crippen LogP contribution < -0.4 is 4.90 Å². The van der Waals surface area contributed by atoms with Crippen molar-refractivity contribution < 1.29 is 10.0 Å². The van der Waals surface area contributed by atoms with Crippen LogP contribution in [0.4, 0.5) is 11.4 Å². The number of pyridine rings is 1. The smallest absolute Gasteiger partial charge is 0.278 e. The standard InChI is InChI=1S/C18H23N3O3/c1-18(2,3)14-7-9-20(11-17(14)22)15-4-5-16(21(23)24)13-10-19-8-6-12(13)15/h4-6,8,10,14,17,22H,7,9,11H2,1-3H3. The third-order valence-electron chi connectivity index (χ3n) is 5.00. The van der Waals surface area contributed by atoms with E-state index < -0.39 is 6.10 Å². The van der Waals surface area contributed by atoms with E-state index >= 15 is 0 Å². The molecule has 24 heavy (non-hydrogen) atoms. The van der Waals surface area contributed by atoms with E-state index in [1.165, 1.54) is 12.3 Å². The van der Waals surface area contributed by atoms with Gasteiger partial charge in [-0.25, -0.2) is 0 Å². The molecule has 1 fully saturated rings. The summed E-state index contributed by atoms with van der Waals surface area (Å²) in [5.74, 6) is 0.250. The van der Waals surface area contributed by atoms with Crippen molar-refractivity contribution in [2.45, 2.75) is 33.3 Å². The zero-order valence-corrected chi connectivity index (χ0v) is 14.3. The van der Waals surface area contributed by atoms with E-state index in [4.69, 9.17) is 0 Å². The summed E-state index contributed by atoms with van der Waals surface area (Å²) in [6.07, 6.45) is 3.67. The molecular formula is C18H23N3O3. The Morgan fingerprint density at radius 2 is 2.04 bits per heavy atom. The van der Waals surface area contributed by atoms with Gasteiger partial charge in [0.05, 0.1) is 16.4 Å². The quantitative estimate of drug-likeness (QED) is 0.675. The number of β-amino-alcohol motifs (C(OH)–C–C–N with tert-alkyl or cyclic N) is 1. The van der Waals surface area contributed by atoms with Crippen LogP contribution in [0.3, 0.4) is 0 Å². The highest BCUT2D eigenvalue weighted by Crippen LogP contribution is 2.38. The van der Waals surface area contributed by atoms with Gasteiger partial charge in [-0.1, -0.05) is 20.8 Å². The van der Waals surface area contributed by atoms with Crippen LogP contribution >= 0.6 is 0 Å². The Morgan fingerprint density at radius 3 is 2.67 bits per heavy atom. The average Bonchev–Trinajstić information content (AvgIpc) is 2.52. The molecule has 0 aliphatic carbocycles. The highest BCUT2D eigenvalue weighted by molar-refractivity contribution is 5.99. The second-order valence-electron chi connectivity index (χ2n) is 7.56. The first-order valence-electron chi connectivity index (χ1n) is 8.23. The number of aliphatic hydroxyl groups is 1. The van der Waals surface area contributed by atoms with E-state index in [2.05, 4.69) is 30.7 Å². The van der Waals surface area contributed by atoms with Crippen molar-refractivity contribution in [2.75, 3.05) is 18.0 Å². The molecule has 0 amide bonds. The molecule has 1 aliphatic heterocycles. The summed E-state index contributed by atoms with van der Waals surface area (Å²) in [4.78, 5) is 17.0. The van der Waals surface area contributed by atoms with Gasteiger partial charge in [-0.2, -0.15) is 0 Å². The zero-order valence-electron chi connectivity index (χ0n) is 14.3. The van der Waals surface area contributed by atoms with Crippen molar-refractivity contribution in [1.82, 2.24) is 4.98 Å². The van der Waals surface area contributed by atoms with Gasteiger partial charge in [0.1, 0.15) is 0 Å². The van der Waals surface area contributed by atoms with Crippen molar-refractivity contribution in [3.05, 3.63) is 40.7 Å². The normalized spacial score (nSPS) is 21.9. The number of nitro benzene ring substituents is 1. The number of nitrogens with zero attached hydrogens (tertiary/aromatic N) is 3. The zero-order chi connectivity index (χ0) is 17.5. The van der Waals surface area contributed by atoms with Gasteiger partial charge in [0.2, 0.25) is 0 Å². The molecule has 2 unspecified atom stereocenters. The Morgan fingerprint density at radius 1 is 1.29 bits per heavy atom. The van der Waals surface area contributed by atoms with Crippen LogP contribution in [0.25, 0.3) is 10.8 Å². The van der Waals surface area contributed by atoms with Gasteiger partial charge in [-0.05, 0) is 29.9 Å². The number of non-ortho nitro benzene ring substituents is 1. The van der Waals surface area contributed by atoms with E-state index in [1.54, 1.807) is 18.3 Å². The highest BCUT2D eigenvalue weighted by Gasteiger charge is 2.36. The molecule has 0 radical (unpaired) electrons. The Balaban J connectivity index is 1.97. The minimum absolute atomic E-state index is 0.0620. The van der Waals surface area contributed by atoms with Crippen LogP contribution in [0.15, 0.2) is 30.6 Å². The SMILES string of the molecule is CC(C)(C)C1CCN(c2ccc([N+](=O)[O-])c3cnccc23)CC1O. The lowest BCUT2D eigenvalue weighted by Crippen LogP contribution is -2.48. The molecule has 2 atom stereocenters. The molecule has 2 aromatic rings. The van der Waals surface area contributed by atoms with Crippen LogP contribution in [0.5, 0.6) is 0 Å². The number of aliphatic hydroxyl groups excluding tert-OH is 1. The second kappa shape index (κ2) is 6.02. The number of fused-ring (bicyclic) bond motifs is 1. The highest BCUT2D eigenvalue weighted by atomic mass is 16.6. The maximum absolute atomic E-state index is 11.2. The molecule has 1 saturated heterocycles. The Bertz CT molecular complexity index is 770. The Hall–Kier alpha value is -2.21. The first kappa shape index (κ1) is 16.6. The van der Waals surface area contributed by atoms with Crippen molar-refractivity contribution in [3.63, 3.8) is 0 Å². The number of benzene rings is 1. The van der Waals surface area contributed by atoms with E-state index in [0.717, 1.165) is 24.0 Å². The summed E-state index contributed by atoms with van der Waals surface area (Å²) in [5, 5.41) is 23.2. The molecule has 6 heteroatoms. The molecular weight excluding hydrogens is 306 g/mol. The van der Waals surface area contributed by atoms with Gasteiger partial charge in [0, 0.05) is 42.6 Å². The van der Waals surface area contributed by atoms with E-state index in [9.17, 15) is 15.2 Å². The summed E-state index contributed by atoms with van der Waals surface area (Å²) in [5.41, 5.74) is 1.05. The molecule has 0 spiro atoms. The van der Waals surface area contributed by atoms with Crippen LogP contribution in [0, 0.1) is 21.4 Å². The largest absolute Gasteiger partial charge is 0.391 e. The molecule has 128 valence electrons. The van der Waals surface area contributed by atoms with Gasteiger partial charge in [0.25, 0.3) is 5.69 Å². The van der Waals surface area contributed by atoms with Crippen molar-refractivity contribution in [1.29, 1.82) is 0 Å². The lowest BCUT2D eigenvalue weighted by molar-refractivity contribution is -0.383. The van der Waals surface area contributed by atoms with Crippen molar-refractivity contribution in [3.8, 4) is 0 Å². The summed E-state index contributed by atoms with van der Waals surface area (Å²) >= 11 is 0. The van der Waals surface area contributed by atoms with Crippen molar-refractivity contribution in [2.24, 2.45) is 11.3 Å². The van der Waals surface area contributed by atoms with E-state index in [0.29, 0.717) is 11.9 Å². The van der Waals surface area contributed by atoms with Crippen molar-refractivity contribution >= 4 is 22.1 Å². The number of rotatable bonds is 2. The molecule has 3 rings (SSSR count). The van der Waals surface area contributed by atoms with Gasteiger partial charge in [-0.15, -0.1) is 0 Å². The minimum atomic E-state index is -0.411. The van der Waals surface area contributed by atoms with E-state index in [1.807, 2.05) is 0 Å². The molecule has 6 nitrogen and oxygen atoms in total. The van der Waals surface area contributed by atoms with Crippen LogP contribution in [0.1, 0.15) is 27.2 Å². The first-order valence-corrected chi connectivity index (χ1v) is 8.23. The number of aromatic nitrogens is 1. The maximum atomic E-state index is 11.2. The number of anilines is 1. The third kappa shape index (κ3) is 2.94. The van der Waals surface area contributed by atoms with Gasteiger partial charge >= 0.3 is 0 Å². The summed E-state index contributed by atoms with van der Waals surface area (Å²) in [7, 11) is 0. The van der Waals surface area contributed by atoms with Gasteiger partial charge in [0.15, 0.2) is 0 Å². The fraction of sp³-hybridized carbons (Fsp3) is 0.500. The summed E-state index contributed by atoms with van der Waals surface area (Å²) in [6, 6.07) is 5.12. The molecule has 1 aromatic heterocycles. The van der Waals surface area contributed by atoms with E-state index in [-0.39, 0.29) is 21.9 Å². The fourth-order valence-electron chi connectivity index (χ4n) is 3.75. The average molecular weight is 329 g/mol. The monoisotopic (exact) mass is 329 g/mol. The third-order valence-corrected chi connectivity index (χ3v) is 5.00. The predicted molar refractivity (Wildman–Crippen MR) is 94.2 cm³/mol. The summed E-state index contributed by atoms with van der Waals surface area (Å²) < 4.78 is 0. The van der Waals surface area contributed by atoms with Gasteiger partial charge < -0.3 is 10.0 Å². The van der Waals surface area contributed by atoms with Crippen LogP contribution in [0.2, 0.25) is 0 Å². The maximum Gasteiger partial charge on any atom is 0.278 e. The topological polar surface area (TPSA) is 79.5 Å². The molecule has 1 aliphatic rings. The van der Waals surface area contributed by atoms with Crippen LogP contribution in [-0.4, -0.2) is 34.2 Å². The molecule has 0 bridgehead atoms. The molecule has 1 aromatic carbocycles. The number of nitro groups is 1. The predicted octanol–water partition coefficient (Wildman–Crippen LogP) is 3.38. The number of hydrogen-bond acceptors (Lipinski definition) is 5. The molecule has 2 heterocycles. The first-order chi connectivity index (χ1) is 11.3. The van der Waals surface area contributed by atoms with Gasteiger partial charge in [-0.3, -0.25) is 15.1 Å². The molecule has 0 saturated carbocycles. The minimum Gasteiger partial charge on any atom is -0.391 e. The fourth-order valence-corrected chi connectivity index (χ4v) is 3.75. The Labute approximate surface area is 141 Å². The number of hydrogen-bond donors (Lipinski definition) is 1. The number of piperidine rings is 1. The lowest BCUT2D eigenvalue weighted by Gasteiger charge is -2.43. The Kier molecular flexibility index (Phi) is 4.17. The summed E-state index contributed by atoms with van der Waals surface area (Å²) in [6.45, 7) is 7.84. The van der Waals surface area contributed by atoms with Crippen LogP contribution in [-0.2, 0) is 0 Å².